The zero-order chi connectivity index (χ0) is 18.4. The van der Waals surface area contributed by atoms with Gasteiger partial charge in [0, 0.05) is 16.7 Å². The molecule has 0 heterocycles. The molecule has 0 aromatic heterocycles. The van der Waals surface area contributed by atoms with Crippen molar-refractivity contribution in [3.63, 3.8) is 0 Å². The number of benzene rings is 2. The molecular formula is C16H13Cl2N3O4. The van der Waals surface area contributed by atoms with Gasteiger partial charge in [-0.2, -0.15) is 5.10 Å². The lowest BCUT2D eigenvalue weighted by Gasteiger charge is -2.08. The molecule has 0 radical (unpaired) electrons. The Morgan fingerprint density at radius 3 is 2.76 bits per heavy atom. The van der Waals surface area contributed by atoms with Gasteiger partial charge in [0.25, 0.3) is 11.6 Å². The summed E-state index contributed by atoms with van der Waals surface area (Å²) >= 11 is 11.6. The van der Waals surface area contributed by atoms with Crippen molar-refractivity contribution in [1.29, 1.82) is 0 Å². The van der Waals surface area contributed by atoms with E-state index in [4.69, 9.17) is 27.9 Å². The molecule has 0 aliphatic carbocycles. The van der Waals surface area contributed by atoms with Gasteiger partial charge in [-0.25, -0.2) is 5.43 Å². The summed E-state index contributed by atoms with van der Waals surface area (Å²) in [4.78, 5) is 21.9. The Morgan fingerprint density at radius 1 is 1.32 bits per heavy atom. The highest BCUT2D eigenvalue weighted by atomic mass is 35.5. The van der Waals surface area contributed by atoms with Crippen LogP contribution in [0.4, 0.5) is 5.69 Å². The van der Waals surface area contributed by atoms with Gasteiger partial charge in [-0.1, -0.05) is 29.3 Å². The summed E-state index contributed by atoms with van der Waals surface area (Å²) in [6.45, 7) is 1.57. The number of aryl methyl sites for hydroxylation is 1. The lowest BCUT2D eigenvalue weighted by Crippen LogP contribution is -2.24. The maximum absolute atomic E-state index is 11.7. The van der Waals surface area contributed by atoms with E-state index < -0.39 is 10.8 Å². The van der Waals surface area contributed by atoms with Gasteiger partial charge < -0.3 is 4.74 Å². The van der Waals surface area contributed by atoms with E-state index in [1.807, 2.05) is 6.92 Å². The number of ether oxygens (including phenoxy) is 1. The number of halogens is 2. The topological polar surface area (TPSA) is 93.8 Å². The van der Waals surface area contributed by atoms with Crippen LogP contribution < -0.4 is 10.2 Å². The minimum Gasteiger partial charge on any atom is -0.483 e. The third-order valence-corrected chi connectivity index (χ3v) is 3.62. The molecule has 7 nitrogen and oxygen atoms in total. The number of carbonyl (C=O) groups excluding carboxylic acids is 1. The monoisotopic (exact) mass is 381 g/mol. The molecule has 1 N–H and O–H groups in total. The van der Waals surface area contributed by atoms with Crippen molar-refractivity contribution in [3.8, 4) is 5.75 Å². The second kappa shape index (κ2) is 8.46. The van der Waals surface area contributed by atoms with Crippen LogP contribution in [-0.4, -0.2) is 23.7 Å². The summed E-state index contributed by atoms with van der Waals surface area (Å²) in [5, 5.41) is 15.1. The third-order valence-electron chi connectivity index (χ3n) is 3.07. The Kier molecular flexibility index (Phi) is 6.32. The Labute approximate surface area is 153 Å². The molecule has 1 amide bonds. The summed E-state index contributed by atoms with van der Waals surface area (Å²) < 4.78 is 5.37. The SMILES string of the molecule is Cc1cc(Cl)ccc1OCC(=O)N/N=C\c1ccc(Cl)c([N+](=O)[O-])c1. The quantitative estimate of drug-likeness (QED) is 0.468. The van der Waals surface area contributed by atoms with E-state index in [2.05, 4.69) is 10.5 Å². The standard InChI is InChI=1S/C16H13Cl2N3O4/c1-10-6-12(17)3-5-15(10)25-9-16(22)20-19-8-11-2-4-13(18)14(7-11)21(23)24/h2-8H,9H2,1H3,(H,20,22)/b19-8-. The maximum Gasteiger partial charge on any atom is 0.288 e. The van der Waals surface area contributed by atoms with E-state index in [0.717, 1.165) is 5.56 Å². The van der Waals surface area contributed by atoms with E-state index in [0.29, 0.717) is 16.3 Å². The van der Waals surface area contributed by atoms with Crippen LogP contribution in [0.3, 0.4) is 0 Å². The van der Waals surface area contributed by atoms with Crippen molar-refractivity contribution in [3.05, 3.63) is 67.7 Å². The molecule has 0 aliphatic heterocycles. The molecule has 9 heteroatoms. The molecule has 0 aliphatic rings. The fourth-order valence-electron chi connectivity index (χ4n) is 1.88. The second-order valence-corrected chi connectivity index (χ2v) is 5.80. The predicted octanol–water partition coefficient (Wildman–Crippen LogP) is 3.74. The summed E-state index contributed by atoms with van der Waals surface area (Å²) in [5.74, 6) is 0.0610. The molecule has 2 aromatic carbocycles. The number of hydrogen-bond acceptors (Lipinski definition) is 5. The van der Waals surface area contributed by atoms with Gasteiger partial charge in [0.2, 0.25) is 0 Å². The first-order chi connectivity index (χ1) is 11.9. The minimum absolute atomic E-state index is 0.0259. The van der Waals surface area contributed by atoms with Crippen molar-refractivity contribution in [2.75, 3.05) is 6.61 Å². The molecule has 2 rings (SSSR count). The number of hydrogen-bond donors (Lipinski definition) is 1. The lowest BCUT2D eigenvalue weighted by atomic mass is 10.2. The van der Waals surface area contributed by atoms with Crippen LogP contribution in [0.25, 0.3) is 0 Å². The first kappa shape index (κ1) is 18.7. The van der Waals surface area contributed by atoms with E-state index in [-0.39, 0.29) is 17.3 Å². The number of rotatable bonds is 6. The molecule has 25 heavy (non-hydrogen) atoms. The summed E-state index contributed by atoms with van der Waals surface area (Å²) in [6, 6.07) is 9.23. The van der Waals surface area contributed by atoms with Gasteiger partial charge in [0.15, 0.2) is 6.61 Å². The number of hydrazone groups is 1. The first-order valence-electron chi connectivity index (χ1n) is 7.01. The molecule has 0 spiro atoms. The molecule has 130 valence electrons. The molecule has 2 aromatic rings. The fraction of sp³-hybridized carbons (Fsp3) is 0.125. The minimum atomic E-state index is -0.597. The summed E-state index contributed by atoms with van der Waals surface area (Å²) in [6.07, 6.45) is 1.27. The fourth-order valence-corrected chi connectivity index (χ4v) is 2.29. The average Bonchev–Trinajstić information content (AvgIpc) is 2.55. The summed E-state index contributed by atoms with van der Waals surface area (Å²) in [7, 11) is 0. The Balaban J connectivity index is 1.90. The lowest BCUT2D eigenvalue weighted by molar-refractivity contribution is -0.384. The number of nitrogens with one attached hydrogen (secondary N) is 1. The number of nitro groups is 1. The van der Waals surface area contributed by atoms with Crippen LogP contribution in [0.5, 0.6) is 5.75 Å². The number of nitro benzene ring substituents is 1. The van der Waals surface area contributed by atoms with Crippen LogP contribution in [0.15, 0.2) is 41.5 Å². The Hall–Kier alpha value is -2.64. The average molecular weight is 382 g/mol. The van der Waals surface area contributed by atoms with Gasteiger partial charge in [0.05, 0.1) is 11.1 Å². The number of amides is 1. The van der Waals surface area contributed by atoms with Crippen molar-refractivity contribution in [1.82, 2.24) is 5.43 Å². The van der Waals surface area contributed by atoms with Gasteiger partial charge in [0.1, 0.15) is 10.8 Å². The van der Waals surface area contributed by atoms with Gasteiger partial charge >= 0.3 is 0 Å². The van der Waals surface area contributed by atoms with E-state index in [9.17, 15) is 14.9 Å². The van der Waals surface area contributed by atoms with Crippen LogP contribution in [0.1, 0.15) is 11.1 Å². The maximum atomic E-state index is 11.7. The van der Waals surface area contributed by atoms with Gasteiger partial charge in [-0.15, -0.1) is 0 Å². The zero-order valence-electron chi connectivity index (χ0n) is 13.0. The van der Waals surface area contributed by atoms with E-state index >= 15 is 0 Å². The van der Waals surface area contributed by atoms with Gasteiger partial charge in [-0.05, 0) is 36.8 Å². The molecule has 0 saturated heterocycles. The molecular weight excluding hydrogens is 369 g/mol. The number of carbonyl (C=O) groups is 1. The Morgan fingerprint density at radius 2 is 2.08 bits per heavy atom. The molecule has 0 atom stereocenters. The van der Waals surface area contributed by atoms with Crippen LogP contribution in [0, 0.1) is 17.0 Å². The normalized spacial score (nSPS) is 10.7. The molecule has 0 unspecified atom stereocenters. The highest BCUT2D eigenvalue weighted by Crippen LogP contribution is 2.24. The van der Waals surface area contributed by atoms with Crippen molar-refractivity contribution < 1.29 is 14.5 Å². The number of nitrogens with zero attached hydrogens (tertiary/aromatic N) is 2. The van der Waals surface area contributed by atoms with Gasteiger partial charge in [-0.3, -0.25) is 14.9 Å². The molecule has 0 saturated carbocycles. The first-order valence-corrected chi connectivity index (χ1v) is 7.77. The van der Waals surface area contributed by atoms with Crippen molar-refractivity contribution >= 4 is 41.0 Å². The zero-order valence-corrected chi connectivity index (χ0v) is 14.5. The highest BCUT2D eigenvalue weighted by molar-refractivity contribution is 6.32. The van der Waals surface area contributed by atoms with Crippen LogP contribution in [0.2, 0.25) is 10.0 Å². The van der Waals surface area contributed by atoms with Crippen molar-refractivity contribution in [2.45, 2.75) is 6.92 Å². The highest BCUT2D eigenvalue weighted by Gasteiger charge is 2.12. The summed E-state index contributed by atoms with van der Waals surface area (Å²) in [5.41, 5.74) is 3.26. The van der Waals surface area contributed by atoms with Crippen LogP contribution in [-0.2, 0) is 4.79 Å². The molecule has 0 bridgehead atoms. The van der Waals surface area contributed by atoms with Crippen molar-refractivity contribution in [2.24, 2.45) is 5.10 Å². The van der Waals surface area contributed by atoms with Crippen LogP contribution >= 0.6 is 23.2 Å². The largest absolute Gasteiger partial charge is 0.483 e. The third kappa shape index (κ3) is 5.44. The smallest absolute Gasteiger partial charge is 0.288 e. The van der Waals surface area contributed by atoms with E-state index in [1.165, 1.54) is 18.3 Å². The van der Waals surface area contributed by atoms with E-state index in [1.54, 1.807) is 24.3 Å². The second-order valence-electron chi connectivity index (χ2n) is 4.96. The Bertz CT molecular complexity index is 840. The molecule has 0 fully saturated rings. The predicted molar refractivity (Wildman–Crippen MR) is 95.5 cm³/mol.